The zero-order valence-electron chi connectivity index (χ0n) is 8.63. The summed E-state index contributed by atoms with van der Waals surface area (Å²) in [5, 5.41) is 9.27. The number of sulfone groups is 2. The highest BCUT2D eigenvalue weighted by molar-refractivity contribution is 7.93. The molecule has 6 nitrogen and oxygen atoms in total. The van der Waals surface area contributed by atoms with E-state index < -0.39 is 40.9 Å². The van der Waals surface area contributed by atoms with Crippen LogP contribution in [0, 0.1) is 0 Å². The topological polar surface area (TPSA) is 115 Å². The Morgan fingerprint density at radius 1 is 1.06 bits per heavy atom. The van der Waals surface area contributed by atoms with Crippen molar-refractivity contribution in [2.45, 2.75) is 9.79 Å². The van der Waals surface area contributed by atoms with Crippen molar-refractivity contribution in [2.24, 2.45) is 0 Å². The summed E-state index contributed by atoms with van der Waals surface area (Å²) in [7, 11) is -7.56. The van der Waals surface area contributed by atoms with Crippen LogP contribution < -0.4 is 5.73 Å². The number of hydrogen-bond acceptors (Lipinski definition) is 6. The lowest BCUT2D eigenvalue weighted by Gasteiger charge is -2.10. The predicted molar refractivity (Wildman–Crippen MR) is 58.7 cm³/mol. The van der Waals surface area contributed by atoms with Crippen molar-refractivity contribution in [3.8, 4) is 5.75 Å². The molecule has 0 aliphatic rings. The Hall–Kier alpha value is -1.28. The van der Waals surface area contributed by atoms with Crippen LogP contribution in [0.3, 0.4) is 0 Å². The second kappa shape index (κ2) is 3.63. The minimum Gasteiger partial charge on any atom is -0.506 e. The fraction of sp³-hybridized carbons (Fsp3) is 0.250. The number of nitrogen functional groups attached to an aromatic ring is 1. The molecule has 1 rings (SSSR count). The van der Waals surface area contributed by atoms with E-state index in [4.69, 9.17) is 5.73 Å². The van der Waals surface area contributed by atoms with Crippen LogP contribution in [-0.2, 0) is 19.7 Å². The zero-order chi connectivity index (χ0) is 12.7. The van der Waals surface area contributed by atoms with Gasteiger partial charge in [0.1, 0.15) is 10.6 Å². The molecular weight excluding hydrogens is 254 g/mol. The lowest BCUT2D eigenvalue weighted by atomic mass is 10.3. The van der Waals surface area contributed by atoms with Gasteiger partial charge in [-0.15, -0.1) is 0 Å². The highest BCUT2D eigenvalue weighted by Crippen LogP contribution is 2.33. The number of benzene rings is 1. The molecule has 1 aromatic carbocycles. The molecule has 3 N–H and O–H groups in total. The van der Waals surface area contributed by atoms with Gasteiger partial charge < -0.3 is 10.8 Å². The third-order valence-corrected chi connectivity index (χ3v) is 4.36. The van der Waals surface area contributed by atoms with Crippen LogP contribution in [0.4, 0.5) is 5.69 Å². The summed E-state index contributed by atoms with van der Waals surface area (Å²) >= 11 is 0. The smallest absolute Gasteiger partial charge is 0.178 e. The van der Waals surface area contributed by atoms with E-state index in [-0.39, 0.29) is 0 Å². The van der Waals surface area contributed by atoms with Gasteiger partial charge >= 0.3 is 0 Å². The number of rotatable bonds is 2. The van der Waals surface area contributed by atoms with Gasteiger partial charge in [-0.05, 0) is 12.1 Å². The maximum absolute atomic E-state index is 11.4. The van der Waals surface area contributed by atoms with Crippen molar-refractivity contribution in [3.63, 3.8) is 0 Å². The van der Waals surface area contributed by atoms with Crippen molar-refractivity contribution < 1.29 is 21.9 Å². The maximum atomic E-state index is 11.4. The van der Waals surface area contributed by atoms with Crippen molar-refractivity contribution in [2.75, 3.05) is 18.2 Å². The van der Waals surface area contributed by atoms with Gasteiger partial charge in [-0.3, -0.25) is 0 Å². The molecule has 0 unspecified atom stereocenters. The summed E-state index contributed by atoms with van der Waals surface area (Å²) in [5.74, 6) is -0.465. The molecule has 0 aromatic heterocycles. The highest BCUT2D eigenvalue weighted by Gasteiger charge is 2.25. The normalized spacial score (nSPS) is 12.6. The summed E-state index contributed by atoms with van der Waals surface area (Å²) in [5.41, 5.74) is 4.92. The Labute approximate surface area is 93.5 Å². The van der Waals surface area contributed by atoms with E-state index in [1.807, 2.05) is 0 Å². The molecule has 0 amide bonds. The number of nitrogens with two attached hydrogens (primary N) is 1. The van der Waals surface area contributed by atoms with E-state index >= 15 is 0 Å². The van der Waals surface area contributed by atoms with Crippen LogP contribution in [0.5, 0.6) is 5.75 Å². The number of phenolic OH excluding ortho intramolecular Hbond substituents is 1. The van der Waals surface area contributed by atoms with E-state index in [0.29, 0.717) is 0 Å². The Morgan fingerprint density at radius 3 is 1.94 bits per heavy atom. The van der Waals surface area contributed by atoms with Crippen LogP contribution in [0.1, 0.15) is 0 Å². The predicted octanol–water partition coefficient (Wildman–Crippen LogP) is -0.219. The molecule has 0 aliphatic heterocycles. The first-order valence-corrected chi connectivity index (χ1v) is 7.85. The van der Waals surface area contributed by atoms with Crippen molar-refractivity contribution >= 4 is 25.4 Å². The second-order valence-electron chi connectivity index (χ2n) is 3.37. The first-order valence-electron chi connectivity index (χ1n) is 4.06. The molecule has 0 saturated carbocycles. The Morgan fingerprint density at radius 2 is 1.56 bits per heavy atom. The number of aromatic hydroxyl groups is 1. The summed E-state index contributed by atoms with van der Waals surface area (Å²) in [6, 6.07) is 2.05. The van der Waals surface area contributed by atoms with Gasteiger partial charge in [0.05, 0.1) is 10.6 Å². The van der Waals surface area contributed by atoms with E-state index in [1.54, 1.807) is 0 Å². The van der Waals surface area contributed by atoms with Gasteiger partial charge in [0.25, 0.3) is 0 Å². The van der Waals surface area contributed by atoms with Crippen LogP contribution in [0.15, 0.2) is 21.9 Å². The molecule has 0 heterocycles. The maximum Gasteiger partial charge on any atom is 0.178 e. The fourth-order valence-corrected chi connectivity index (χ4v) is 3.85. The third kappa shape index (κ3) is 2.27. The minimum absolute atomic E-state index is 0.412. The minimum atomic E-state index is -3.83. The van der Waals surface area contributed by atoms with Crippen LogP contribution in [-0.4, -0.2) is 34.5 Å². The molecule has 0 spiro atoms. The summed E-state index contributed by atoms with van der Waals surface area (Å²) < 4.78 is 45.6. The quantitative estimate of drug-likeness (QED) is 0.564. The molecular formula is C8H11NO5S2. The fourth-order valence-electron chi connectivity index (χ4n) is 1.24. The Kier molecular flexibility index (Phi) is 2.90. The van der Waals surface area contributed by atoms with Gasteiger partial charge in [-0.2, -0.15) is 0 Å². The average Bonchev–Trinajstić information content (AvgIpc) is 2.05. The van der Waals surface area contributed by atoms with Crippen LogP contribution >= 0.6 is 0 Å². The average molecular weight is 265 g/mol. The largest absolute Gasteiger partial charge is 0.506 e. The number of phenols is 1. The van der Waals surface area contributed by atoms with Crippen LogP contribution in [0.2, 0.25) is 0 Å². The molecule has 90 valence electrons. The van der Waals surface area contributed by atoms with Crippen molar-refractivity contribution in [1.82, 2.24) is 0 Å². The standard InChI is InChI=1S/C8H11NO5S2/c1-15(11,12)6-4-3-5(10)7(9)8(6)16(2,13)14/h3-4,10H,9H2,1-2H3. The van der Waals surface area contributed by atoms with Gasteiger partial charge in [-0.1, -0.05) is 0 Å². The lowest BCUT2D eigenvalue weighted by Crippen LogP contribution is -2.10. The second-order valence-corrected chi connectivity index (χ2v) is 7.31. The number of hydrogen-bond donors (Lipinski definition) is 2. The first kappa shape index (κ1) is 12.8. The molecule has 0 bridgehead atoms. The van der Waals surface area contributed by atoms with Gasteiger partial charge in [0, 0.05) is 12.5 Å². The highest BCUT2D eigenvalue weighted by atomic mass is 32.2. The molecule has 0 fully saturated rings. The van der Waals surface area contributed by atoms with Gasteiger partial charge in [0.15, 0.2) is 19.7 Å². The SMILES string of the molecule is CS(=O)(=O)c1ccc(O)c(N)c1S(C)(=O)=O. The monoisotopic (exact) mass is 265 g/mol. The van der Waals surface area contributed by atoms with E-state index in [1.165, 1.54) is 0 Å². The van der Waals surface area contributed by atoms with E-state index in [9.17, 15) is 21.9 Å². The summed E-state index contributed by atoms with van der Waals surface area (Å²) in [6.45, 7) is 0. The van der Waals surface area contributed by atoms with Crippen molar-refractivity contribution in [3.05, 3.63) is 12.1 Å². The zero-order valence-corrected chi connectivity index (χ0v) is 10.3. The molecule has 0 radical (unpaired) electrons. The molecule has 0 atom stereocenters. The van der Waals surface area contributed by atoms with Crippen molar-refractivity contribution in [1.29, 1.82) is 0 Å². The molecule has 16 heavy (non-hydrogen) atoms. The van der Waals surface area contributed by atoms with Gasteiger partial charge in [-0.25, -0.2) is 16.8 Å². The Balaban J connectivity index is 3.88. The van der Waals surface area contributed by atoms with Crippen LogP contribution in [0.25, 0.3) is 0 Å². The molecule has 0 saturated heterocycles. The molecule has 1 aromatic rings. The van der Waals surface area contributed by atoms with Gasteiger partial charge in [0.2, 0.25) is 0 Å². The van der Waals surface area contributed by atoms with E-state index in [0.717, 1.165) is 24.6 Å². The third-order valence-electron chi connectivity index (χ3n) is 1.91. The molecule has 0 aliphatic carbocycles. The first-order chi connectivity index (χ1) is 7.05. The summed E-state index contributed by atoms with van der Waals surface area (Å²) in [6.07, 6.45) is 1.69. The summed E-state index contributed by atoms with van der Waals surface area (Å²) in [4.78, 5) is -0.972. The lowest BCUT2D eigenvalue weighted by molar-refractivity contribution is 0.475. The molecule has 8 heteroatoms. The Bertz CT molecular complexity index is 631. The van der Waals surface area contributed by atoms with E-state index in [2.05, 4.69) is 0 Å². The number of anilines is 1.